The highest BCUT2D eigenvalue weighted by Gasteiger charge is 2.11. The maximum absolute atomic E-state index is 12.3. The smallest absolute Gasteiger partial charge is 0.254 e. The standard InChI is InChI=1S/C17H17N5OS/c1-24-17-13(5-4-8-21-17)16(23)20-10-12-22-11-9-19-15(22)14-6-2-3-7-18-14/h2-9,11H,10,12H2,1H3,(H,20,23). The number of aromatic nitrogens is 4. The van der Waals surface area contributed by atoms with Gasteiger partial charge in [0, 0.05) is 37.9 Å². The first-order valence-electron chi connectivity index (χ1n) is 7.49. The van der Waals surface area contributed by atoms with Crippen LogP contribution in [0.1, 0.15) is 10.4 Å². The van der Waals surface area contributed by atoms with E-state index in [1.807, 2.05) is 35.2 Å². The second kappa shape index (κ2) is 7.74. The van der Waals surface area contributed by atoms with Crippen LogP contribution in [0.4, 0.5) is 0 Å². The molecule has 3 heterocycles. The van der Waals surface area contributed by atoms with Gasteiger partial charge >= 0.3 is 0 Å². The Balaban J connectivity index is 1.64. The molecule has 1 N–H and O–H groups in total. The molecule has 0 aliphatic carbocycles. The monoisotopic (exact) mass is 339 g/mol. The van der Waals surface area contributed by atoms with Gasteiger partial charge in [0.2, 0.25) is 0 Å². The molecule has 6 nitrogen and oxygen atoms in total. The van der Waals surface area contributed by atoms with Gasteiger partial charge in [-0.3, -0.25) is 9.78 Å². The Labute approximate surface area is 144 Å². The number of imidazole rings is 1. The van der Waals surface area contributed by atoms with Gasteiger partial charge in [0.15, 0.2) is 5.82 Å². The van der Waals surface area contributed by atoms with Crippen molar-refractivity contribution in [1.29, 1.82) is 0 Å². The number of nitrogens with zero attached hydrogens (tertiary/aromatic N) is 4. The minimum Gasteiger partial charge on any atom is -0.350 e. The highest BCUT2D eigenvalue weighted by Crippen LogP contribution is 2.16. The molecule has 0 saturated carbocycles. The Morgan fingerprint density at radius 3 is 2.79 bits per heavy atom. The van der Waals surface area contributed by atoms with Crippen LogP contribution in [0.25, 0.3) is 11.5 Å². The molecule has 0 fully saturated rings. The molecule has 0 saturated heterocycles. The number of hydrogen-bond acceptors (Lipinski definition) is 5. The van der Waals surface area contributed by atoms with Gasteiger partial charge in [0.05, 0.1) is 5.56 Å². The summed E-state index contributed by atoms with van der Waals surface area (Å²) < 4.78 is 1.97. The third kappa shape index (κ3) is 3.62. The summed E-state index contributed by atoms with van der Waals surface area (Å²) in [6.45, 7) is 1.12. The number of rotatable bonds is 6. The lowest BCUT2D eigenvalue weighted by Crippen LogP contribution is -2.27. The van der Waals surface area contributed by atoms with Gasteiger partial charge in [-0.1, -0.05) is 6.07 Å². The normalized spacial score (nSPS) is 10.5. The quantitative estimate of drug-likeness (QED) is 0.699. The van der Waals surface area contributed by atoms with Crippen LogP contribution in [0, 0.1) is 0 Å². The van der Waals surface area contributed by atoms with Crippen LogP contribution >= 0.6 is 11.8 Å². The molecule has 3 aromatic heterocycles. The maximum Gasteiger partial charge on any atom is 0.254 e. The molecule has 1 amide bonds. The number of carbonyl (C=O) groups is 1. The van der Waals surface area contributed by atoms with E-state index in [-0.39, 0.29) is 5.91 Å². The second-order valence-electron chi connectivity index (χ2n) is 4.98. The minimum absolute atomic E-state index is 0.119. The molecular weight excluding hydrogens is 322 g/mol. The summed E-state index contributed by atoms with van der Waals surface area (Å²) in [6.07, 6.45) is 8.95. The zero-order valence-corrected chi connectivity index (χ0v) is 14.0. The van der Waals surface area contributed by atoms with E-state index < -0.39 is 0 Å². The molecule has 0 aliphatic heterocycles. The first-order valence-corrected chi connectivity index (χ1v) is 8.72. The third-order valence-electron chi connectivity index (χ3n) is 3.46. The maximum atomic E-state index is 12.3. The third-order valence-corrected chi connectivity index (χ3v) is 4.17. The summed E-state index contributed by atoms with van der Waals surface area (Å²) in [4.78, 5) is 25.2. The minimum atomic E-state index is -0.119. The Hall–Kier alpha value is -2.67. The second-order valence-corrected chi connectivity index (χ2v) is 5.77. The number of carbonyl (C=O) groups excluding carboxylic acids is 1. The van der Waals surface area contributed by atoms with Crippen molar-refractivity contribution in [2.45, 2.75) is 11.6 Å². The van der Waals surface area contributed by atoms with E-state index in [9.17, 15) is 4.79 Å². The summed E-state index contributed by atoms with van der Waals surface area (Å²) in [5, 5.41) is 3.66. The predicted octanol–water partition coefficient (Wildman–Crippen LogP) is 2.49. The van der Waals surface area contributed by atoms with E-state index >= 15 is 0 Å². The molecule has 0 unspecified atom stereocenters. The number of thioether (sulfide) groups is 1. The summed E-state index contributed by atoms with van der Waals surface area (Å²) >= 11 is 1.46. The summed E-state index contributed by atoms with van der Waals surface area (Å²) in [7, 11) is 0. The van der Waals surface area contributed by atoms with Crippen molar-refractivity contribution in [3.63, 3.8) is 0 Å². The van der Waals surface area contributed by atoms with Crippen LogP contribution in [0.15, 0.2) is 60.1 Å². The molecule has 122 valence electrons. The Morgan fingerprint density at radius 1 is 1.12 bits per heavy atom. The van der Waals surface area contributed by atoms with Crippen molar-refractivity contribution in [2.24, 2.45) is 0 Å². The Bertz CT molecular complexity index is 819. The highest BCUT2D eigenvalue weighted by molar-refractivity contribution is 7.98. The van der Waals surface area contributed by atoms with Crippen LogP contribution in [-0.4, -0.2) is 38.2 Å². The van der Waals surface area contributed by atoms with Crippen molar-refractivity contribution in [3.8, 4) is 11.5 Å². The number of amides is 1. The van der Waals surface area contributed by atoms with E-state index in [4.69, 9.17) is 0 Å². The van der Waals surface area contributed by atoms with Gasteiger partial charge < -0.3 is 9.88 Å². The van der Waals surface area contributed by atoms with Gasteiger partial charge in [0.25, 0.3) is 5.91 Å². The fourth-order valence-corrected chi connectivity index (χ4v) is 2.88. The fourth-order valence-electron chi connectivity index (χ4n) is 2.33. The van der Waals surface area contributed by atoms with Gasteiger partial charge in [0.1, 0.15) is 10.7 Å². The SMILES string of the molecule is CSc1ncccc1C(=O)NCCn1ccnc1-c1ccccn1. The first-order chi connectivity index (χ1) is 11.8. The van der Waals surface area contributed by atoms with E-state index in [0.29, 0.717) is 18.7 Å². The topological polar surface area (TPSA) is 72.7 Å². The Morgan fingerprint density at radius 2 is 2.00 bits per heavy atom. The zero-order chi connectivity index (χ0) is 16.8. The number of pyridine rings is 2. The van der Waals surface area contributed by atoms with Gasteiger partial charge in [-0.05, 0) is 30.5 Å². The van der Waals surface area contributed by atoms with Gasteiger partial charge in [-0.2, -0.15) is 0 Å². The lowest BCUT2D eigenvalue weighted by Gasteiger charge is -2.10. The van der Waals surface area contributed by atoms with Crippen LogP contribution in [0.2, 0.25) is 0 Å². The average Bonchev–Trinajstić information content (AvgIpc) is 3.11. The first kappa shape index (κ1) is 16.2. The van der Waals surface area contributed by atoms with Crippen LogP contribution in [-0.2, 0) is 6.54 Å². The molecule has 0 spiro atoms. The molecular formula is C17H17N5OS. The summed E-state index contributed by atoms with van der Waals surface area (Å²) in [6, 6.07) is 9.26. The molecule has 0 bridgehead atoms. The molecule has 0 atom stereocenters. The van der Waals surface area contributed by atoms with Crippen molar-refractivity contribution in [3.05, 3.63) is 60.7 Å². The van der Waals surface area contributed by atoms with Crippen LogP contribution in [0.5, 0.6) is 0 Å². The van der Waals surface area contributed by atoms with Crippen molar-refractivity contribution >= 4 is 17.7 Å². The molecule has 0 radical (unpaired) electrons. The van der Waals surface area contributed by atoms with E-state index in [2.05, 4.69) is 20.3 Å². The summed E-state index contributed by atoms with van der Waals surface area (Å²) in [5.74, 6) is 0.669. The molecule has 7 heteroatoms. The van der Waals surface area contributed by atoms with Gasteiger partial charge in [-0.15, -0.1) is 11.8 Å². The predicted molar refractivity (Wildman–Crippen MR) is 93.8 cm³/mol. The van der Waals surface area contributed by atoms with E-state index in [0.717, 1.165) is 16.5 Å². The van der Waals surface area contributed by atoms with Crippen LogP contribution in [0.3, 0.4) is 0 Å². The van der Waals surface area contributed by atoms with Crippen molar-refractivity contribution < 1.29 is 4.79 Å². The lowest BCUT2D eigenvalue weighted by molar-refractivity contribution is 0.0948. The largest absolute Gasteiger partial charge is 0.350 e. The summed E-state index contributed by atoms with van der Waals surface area (Å²) in [5.41, 5.74) is 1.41. The van der Waals surface area contributed by atoms with Crippen LogP contribution < -0.4 is 5.32 Å². The van der Waals surface area contributed by atoms with E-state index in [1.165, 1.54) is 11.8 Å². The molecule has 24 heavy (non-hydrogen) atoms. The number of hydrogen-bond donors (Lipinski definition) is 1. The van der Waals surface area contributed by atoms with E-state index in [1.54, 1.807) is 30.7 Å². The molecule has 3 aromatic rings. The Kier molecular flexibility index (Phi) is 5.22. The lowest BCUT2D eigenvalue weighted by atomic mass is 10.2. The highest BCUT2D eigenvalue weighted by atomic mass is 32.2. The molecule has 0 aromatic carbocycles. The number of nitrogens with one attached hydrogen (secondary N) is 1. The van der Waals surface area contributed by atoms with Gasteiger partial charge in [-0.25, -0.2) is 9.97 Å². The average molecular weight is 339 g/mol. The van der Waals surface area contributed by atoms with Crippen molar-refractivity contribution in [2.75, 3.05) is 12.8 Å². The fraction of sp³-hybridized carbons (Fsp3) is 0.176. The van der Waals surface area contributed by atoms with Crippen molar-refractivity contribution in [1.82, 2.24) is 24.8 Å². The zero-order valence-electron chi connectivity index (χ0n) is 13.2. The molecule has 0 aliphatic rings. The molecule has 3 rings (SSSR count).